The molecule has 1 heterocycles. The van der Waals surface area contributed by atoms with Crippen molar-refractivity contribution in [1.82, 2.24) is 5.32 Å². The Morgan fingerprint density at radius 1 is 1.26 bits per heavy atom. The van der Waals surface area contributed by atoms with E-state index in [1.807, 2.05) is 31.2 Å². The van der Waals surface area contributed by atoms with Crippen molar-refractivity contribution in [3.63, 3.8) is 0 Å². The molecule has 0 saturated heterocycles. The Morgan fingerprint density at radius 2 is 2.00 bits per heavy atom. The summed E-state index contributed by atoms with van der Waals surface area (Å²) in [6.45, 7) is 6.86. The smallest absolute Gasteiger partial charge is 0.237 e. The van der Waals surface area contributed by atoms with Crippen LogP contribution in [0.4, 0.5) is 5.69 Å². The third kappa shape index (κ3) is 5.27. The van der Waals surface area contributed by atoms with Gasteiger partial charge in [0.15, 0.2) is 0 Å². The third-order valence-corrected chi connectivity index (χ3v) is 5.00. The quantitative estimate of drug-likeness (QED) is 0.831. The van der Waals surface area contributed by atoms with E-state index in [0.717, 1.165) is 23.4 Å². The SMILES string of the molecule is CC(C)CCC(C)NC(=O)CCN1C(=O)CSc2ccccc21. The van der Waals surface area contributed by atoms with Crippen LogP contribution >= 0.6 is 11.8 Å². The van der Waals surface area contributed by atoms with Crippen molar-refractivity contribution < 1.29 is 9.59 Å². The van der Waals surface area contributed by atoms with Crippen LogP contribution in [0.3, 0.4) is 0 Å². The fourth-order valence-electron chi connectivity index (χ4n) is 2.61. The first-order chi connectivity index (χ1) is 11.0. The molecule has 0 fully saturated rings. The minimum absolute atomic E-state index is 0.0183. The van der Waals surface area contributed by atoms with E-state index in [0.29, 0.717) is 24.6 Å². The zero-order chi connectivity index (χ0) is 16.8. The fourth-order valence-corrected chi connectivity index (χ4v) is 3.55. The number of benzene rings is 1. The van der Waals surface area contributed by atoms with Crippen LogP contribution in [0, 0.1) is 5.92 Å². The molecule has 0 saturated carbocycles. The molecule has 0 radical (unpaired) electrons. The van der Waals surface area contributed by atoms with E-state index in [-0.39, 0.29) is 17.9 Å². The molecule has 4 nitrogen and oxygen atoms in total. The molecule has 2 rings (SSSR count). The lowest BCUT2D eigenvalue weighted by atomic mass is 10.0. The molecule has 1 aliphatic rings. The van der Waals surface area contributed by atoms with Gasteiger partial charge in [-0.1, -0.05) is 26.0 Å². The number of thioether (sulfide) groups is 1. The normalized spacial score (nSPS) is 15.5. The second-order valence-corrected chi connectivity index (χ2v) is 7.51. The molecule has 1 aromatic rings. The number of nitrogens with zero attached hydrogens (tertiary/aromatic N) is 1. The van der Waals surface area contributed by atoms with Gasteiger partial charge in [0.25, 0.3) is 0 Å². The van der Waals surface area contributed by atoms with E-state index in [4.69, 9.17) is 0 Å². The highest BCUT2D eigenvalue weighted by molar-refractivity contribution is 8.00. The summed E-state index contributed by atoms with van der Waals surface area (Å²) in [7, 11) is 0. The lowest BCUT2D eigenvalue weighted by Gasteiger charge is -2.28. The van der Waals surface area contributed by atoms with Crippen molar-refractivity contribution in [3.8, 4) is 0 Å². The average Bonchev–Trinajstić information content (AvgIpc) is 2.52. The first kappa shape index (κ1) is 17.9. The standard InChI is InChI=1S/C18H26N2O2S/c1-13(2)8-9-14(3)19-17(21)10-11-20-15-6-4-5-7-16(15)23-12-18(20)22/h4-7,13-14H,8-12H2,1-3H3,(H,19,21). The Balaban J connectivity index is 1.85. The maximum Gasteiger partial charge on any atom is 0.237 e. The van der Waals surface area contributed by atoms with Crippen LogP contribution in [-0.2, 0) is 9.59 Å². The monoisotopic (exact) mass is 334 g/mol. The molecule has 126 valence electrons. The Morgan fingerprint density at radius 3 is 2.74 bits per heavy atom. The number of rotatable bonds is 7. The van der Waals surface area contributed by atoms with Gasteiger partial charge in [0.2, 0.25) is 11.8 Å². The maximum absolute atomic E-state index is 12.1. The number of carbonyl (C=O) groups excluding carboxylic acids is 2. The van der Waals surface area contributed by atoms with Gasteiger partial charge in [-0.25, -0.2) is 0 Å². The lowest BCUT2D eigenvalue weighted by Crippen LogP contribution is -2.40. The molecule has 1 N–H and O–H groups in total. The Labute approximate surface area is 143 Å². The minimum atomic E-state index is 0.0183. The number of amides is 2. The molecule has 0 aliphatic carbocycles. The van der Waals surface area contributed by atoms with Crippen molar-refractivity contribution in [2.24, 2.45) is 5.92 Å². The summed E-state index contributed by atoms with van der Waals surface area (Å²) >= 11 is 1.56. The maximum atomic E-state index is 12.1. The van der Waals surface area contributed by atoms with E-state index in [9.17, 15) is 9.59 Å². The average molecular weight is 334 g/mol. The first-order valence-corrected chi connectivity index (χ1v) is 9.27. The summed E-state index contributed by atoms with van der Waals surface area (Å²) in [6, 6.07) is 8.06. The summed E-state index contributed by atoms with van der Waals surface area (Å²) in [5.41, 5.74) is 0.925. The second kappa shape index (κ2) is 8.39. The molecular weight excluding hydrogens is 308 g/mol. The van der Waals surface area contributed by atoms with Gasteiger partial charge in [-0.2, -0.15) is 0 Å². The number of carbonyl (C=O) groups is 2. The molecule has 23 heavy (non-hydrogen) atoms. The number of hydrogen-bond donors (Lipinski definition) is 1. The zero-order valence-electron chi connectivity index (χ0n) is 14.2. The predicted octanol–water partition coefficient (Wildman–Crippen LogP) is 3.46. The number of fused-ring (bicyclic) bond motifs is 1. The van der Waals surface area contributed by atoms with Gasteiger partial charge in [0, 0.05) is 23.9 Å². The van der Waals surface area contributed by atoms with Gasteiger partial charge in [-0.3, -0.25) is 9.59 Å². The molecule has 2 amide bonds. The van der Waals surface area contributed by atoms with Gasteiger partial charge in [-0.15, -0.1) is 11.8 Å². The molecular formula is C18H26N2O2S. The van der Waals surface area contributed by atoms with E-state index < -0.39 is 0 Å². The zero-order valence-corrected chi connectivity index (χ0v) is 15.0. The fraction of sp³-hybridized carbons (Fsp3) is 0.556. The highest BCUT2D eigenvalue weighted by atomic mass is 32.2. The van der Waals surface area contributed by atoms with Crippen molar-refractivity contribution in [3.05, 3.63) is 24.3 Å². The van der Waals surface area contributed by atoms with Crippen LogP contribution in [0.5, 0.6) is 0 Å². The van der Waals surface area contributed by atoms with E-state index in [1.54, 1.807) is 16.7 Å². The molecule has 0 aromatic heterocycles. The second-order valence-electron chi connectivity index (χ2n) is 6.49. The Bertz CT molecular complexity index is 560. The van der Waals surface area contributed by atoms with Crippen molar-refractivity contribution in [1.29, 1.82) is 0 Å². The van der Waals surface area contributed by atoms with E-state index in [1.165, 1.54) is 0 Å². The predicted molar refractivity (Wildman–Crippen MR) is 95.8 cm³/mol. The first-order valence-electron chi connectivity index (χ1n) is 8.29. The third-order valence-electron chi connectivity index (χ3n) is 3.96. The highest BCUT2D eigenvalue weighted by Crippen LogP contribution is 2.34. The number of hydrogen-bond acceptors (Lipinski definition) is 3. The largest absolute Gasteiger partial charge is 0.354 e. The van der Waals surface area contributed by atoms with Gasteiger partial charge >= 0.3 is 0 Å². The molecule has 1 aromatic carbocycles. The topological polar surface area (TPSA) is 49.4 Å². The highest BCUT2D eigenvalue weighted by Gasteiger charge is 2.24. The number of anilines is 1. The van der Waals surface area contributed by atoms with Gasteiger partial charge in [-0.05, 0) is 37.8 Å². The van der Waals surface area contributed by atoms with Crippen LogP contribution in [0.15, 0.2) is 29.2 Å². The summed E-state index contributed by atoms with van der Waals surface area (Å²) < 4.78 is 0. The van der Waals surface area contributed by atoms with E-state index >= 15 is 0 Å². The van der Waals surface area contributed by atoms with Crippen molar-refractivity contribution in [2.75, 3.05) is 17.2 Å². The number of para-hydroxylation sites is 1. The van der Waals surface area contributed by atoms with Crippen LogP contribution in [0.2, 0.25) is 0 Å². The Kier molecular flexibility index (Phi) is 6.51. The van der Waals surface area contributed by atoms with Gasteiger partial charge in [0.1, 0.15) is 0 Å². The summed E-state index contributed by atoms with van der Waals surface area (Å²) in [6.07, 6.45) is 2.44. The van der Waals surface area contributed by atoms with Crippen LogP contribution in [0.25, 0.3) is 0 Å². The summed E-state index contributed by atoms with van der Waals surface area (Å²) in [5.74, 6) is 1.19. The van der Waals surface area contributed by atoms with E-state index in [2.05, 4.69) is 19.2 Å². The molecule has 0 spiro atoms. The van der Waals surface area contributed by atoms with Crippen LogP contribution in [-0.4, -0.2) is 30.2 Å². The lowest BCUT2D eigenvalue weighted by molar-refractivity contribution is -0.121. The van der Waals surface area contributed by atoms with Gasteiger partial charge in [0.05, 0.1) is 11.4 Å². The van der Waals surface area contributed by atoms with Crippen LogP contribution < -0.4 is 10.2 Å². The molecule has 1 unspecified atom stereocenters. The van der Waals surface area contributed by atoms with Crippen molar-refractivity contribution >= 4 is 29.3 Å². The minimum Gasteiger partial charge on any atom is -0.354 e. The summed E-state index contributed by atoms with van der Waals surface area (Å²) in [5, 5.41) is 3.03. The molecule has 1 atom stereocenters. The van der Waals surface area contributed by atoms with Crippen molar-refractivity contribution in [2.45, 2.75) is 51.0 Å². The molecule has 0 bridgehead atoms. The van der Waals surface area contributed by atoms with Crippen LogP contribution in [0.1, 0.15) is 40.0 Å². The molecule has 5 heteroatoms. The molecule has 1 aliphatic heterocycles. The summed E-state index contributed by atoms with van der Waals surface area (Å²) in [4.78, 5) is 27.1. The Hall–Kier alpha value is -1.49. The number of nitrogens with one attached hydrogen (secondary N) is 1. The van der Waals surface area contributed by atoms with Gasteiger partial charge < -0.3 is 10.2 Å².